The fourth-order valence-electron chi connectivity index (χ4n) is 2.09. The van der Waals surface area contributed by atoms with Crippen molar-refractivity contribution in [3.05, 3.63) is 65.2 Å². The van der Waals surface area contributed by atoms with E-state index in [1.807, 2.05) is 19.1 Å². The Morgan fingerprint density at radius 2 is 2.00 bits per heavy atom. The van der Waals surface area contributed by atoms with E-state index in [-0.39, 0.29) is 17.4 Å². The third-order valence-corrected chi connectivity index (χ3v) is 3.94. The molecule has 2 aromatic heterocycles. The highest BCUT2D eigenvalue weighted by Crippen LogP contribution is 2.27. The van der Waals surface area contributed by atoms with Gasteiger partial charge < -0.3 is 11.1 Å². The summed E-state index contributed by atoms with van der Waals surface area (Å²) in [5, 5.41) is 3.71. The molecule has 1 amide bonds. The maximum atomic E-state index is 12.0. The number of carbonyl (C=O) groups excluding carboxylic acids is 1. The molecule has 0 atom stereocenters. The second-order valence-electron chi connectivity index (χ2n) is 5.39. The van der Waals surface area contributed by atoms with E-state index in [1.165, 1.54) is 12.5 Å². The van der Waals surface area contributed by atoms with Crippen molar-refractivity contribution in [3.8, 4) is 0 Å². The number of halogens is 1. The SMILES string of the molecule is Cc1ccc(Nc2ncnc(NNC(=O)c3cccnc3)c2N)cc1Cl. The number of nitrogens with one attached hydrogen (secondary N) is 3. The first-order valence-corrected chi connectivity index (χ1v) is 8.02. The maximum Gasteiger partial charge on any atom is 0.271 e. The van der Waals surface area contributed by atoms with Gasteiger partial charge in [-0.3, -0.25) is 20.6 Å². The number of benzene rings is 1. The van der Waals surface area contributed by atoms with E-state index in [0.29, 0.717) is 16.4 Å². The van der Waals surface area contributed by atoms with Crippen LogP contribution >= 0.6 is 11.6 Å². The van der Waals surface area contributed by atoms with Crippen LogP contribution in [0.5, 0.6) is 0 Å². The number of carbonyl (C=O) groups is 1. The van der Waals surface area contributed by atoms with Crippen LogP contribution in [0.4, 0.5) is 23.0 Å². The fraction of sp³-hybridized carbons (Fsp3) is 0.0588. The quantitative estimate of drug-likeness (QED) is 0.510. The Kier molecular flexibility index (Phi) is 5.14. The molecule has 3 rings (SSSR count). The molecular formula is C17H16ClN7O. The number of hydrogen-bond donors (Lipinski definition) is 4. The lowest BCUT2D eigenvalue weighted by Crippen LogP contribution is -2.30. The first-order chi connectivity index (χ1) is 12.5. The molecule has 0 radical (unpaired) electrons. The van der Waals surface area contributed by atoms with Crippen LogP contribution in [-0.2, 0) is 0 Å². The highest BCUT2D eigenvalue weighted by molar-refractivity contribution is 6.31. The largest absolute Gasteiger partial charge is 0.393 e. The van der Waals surface area contributed by atoms with E-state index in [4.69, 9.17) is 17.3 Å². The Labute approximate surface area is 154 Å². The molecule has 0 fully saturated rings. The van der Waals surface area contributed by atoms with Gasteiger partial charge in [-0.05, 0) is 36.8 Å². The van der Waals surface area contributed by atoms with E-state index in [9.17, 15) is 4.79 Å². The third-order valence-electron chi connectivity index (χ3n) is 3.54. The summed E-state index contributed by atoms with van der Waals surface area (Å²) in [6, 6.07) is 8.83. The van der Waals surface area contributed by atoms with Gasteiger partial charge in [0, 0.05) is 23.1 Å². The lowest BCUT2D eigenvalue weighted by Gasteiger charge is -2.13. The van der Waals surface area contributed by atoms with Crippen LogP contribution in [0.1, 0.15) is 15.9 Å². The molecule has 0 unspecified atom stereocenters. The molecule has 26 heavy (non-hydrogen) atoms. The van der Waals surface area contributed by atoms with Crippen LogP contribution in [0, 0.1) is 6.92 Å². The summed E-state index contributed by atoms with van der Waals surface area (Å²) in [4.78, 5) is 24.1. The van der Waals surface area contributed by atoms with E-state index < -0.39 is 0 Å². The van der Waals surface area contributed by atoms with Crippen molar-refractivity contribution >= 4 is 40.5 Å². The van der Waals surface area contributed by atoms with Crippen molar-refractivity contribution in [3.63, 3.8) is 0 Å². The van der Waals surface area contributed by atoms with E-state index in [0.717, 1.165) is 11.3 Å². The van der Waals surface area contributed by atoms with Crippen LogP contribution in [0.2, 0.25) is 5.02 Å². The molecule has 0 bridgehead atoms. The number of aryl methyl sites for hydroxylation is 1. The molecule has 0 aliphatic rings. The van der Waals surface area contributed by atoms with E-state index >= 15 is 0 Å². The summed E-state index contributed by atoms with van der Waals surface area (Å²) in [7, 11) is 0. The summed E-state index contributed by atoms with van der Waals surface area (Å²) in [5.74, 6) is 0.284. The Balaban J connectivity index is 1.72. The number of amides is 1. The van der Waals surface area contributed by atoms with Crippen LogP contribution in [0.15, 0.2) is 49.1 Å². The topological polar surface area (TPSA) is 118 Å². The first-order valence-electron chi connectivity index (χ1n) is 7.64. The van der Waals surface area contributed by atoms with Crippen LogP contribution in [-0.4, -0.2) is 20.9 Å². The fourth-order valence-corrected chi connectivity index (χ4v) is 2.27. The number of aromatic nitrogens is 3. The highest BCUT2D eigenvalue weighted by atomic mass is 35.5. The van der Waals surface area contributed by atoms with Gasteiger partial charge in [-0.15, -0.1) is 0 Å². The number of nitrogens with two attached hydrogens (primary N) is 1. The standard InChI is InChI=1S/C17H16ClN7O/c1-10-4-5-12(7-13(10)18)23-15-14(19)16(22-9-21-15)24-25-17(26)11-3-2-6-20-8-11/h2-9H,19H2,1H3,(H,25,26)(H2,21,22,23,24). The van der Waals surface area contributed by atoms with Crippen molar-refractivity contribution in [1.82, 2.24) is 20.4 Å². The molecule has 132 valence electrons. The van der Waals surface area contributed by atoms with Gasteiger partial charge >= 0.3 is 0 Å². The predicted molar refractivity (Wildman–Crippen MR) is 101 cm³/mol. The average Bonchev–Trinajstić information content (AvgIpc) is 2.66. The van der Waals surface area contributed by atoms with Crippen molar-refractivity contribution < 1.29 is 4.79 Å². The lowest BCUT2D eigenvalue weighted by molar-refractivity contribution is 0.0962. The summed E-state index contributed by atoms with van der Waals surface area (Å²) in [6.07, 6.45) is 4.36. The van der Waals surface area contributed by atoms with Crippen LogP contribution < -0.4 is 21.9 Å². The van der Waals surface area contributed by atoms with Crippen molar-refractivity contribution in [2.45, 2.75) is 6.92 Å². The Bertz CT molecular complexity index is 934. The van der Waals surface area contributed by atoms with Gasteiger partial charge in [0.2, 0.25) is 0 Å². The molecule has 1 aromatic carbocycles. The molecule has 0 saturated heterocycles. The van der Waals surface area contributed by atoms with Gasteiger partial charge in [0.25, 0.3) is 5.91 Å². The number of rotatable bonds is 5. The molecule has 3 aromatic rings. The van der Waals surface area contributed by atoms with Gasteiger partial charge in [-0.25, -0.2) is 9.97 Å². The van der Waals surface area contributed by atoms with E-state index in [2.05, 4.69) is 31.1 Å². The molecule has 2 heterocycles. The minimum absolute atomic E-state index is 0.246. The monoisotopic (exact) mass is 369 g/mol. The Hall–Kier alpha value is -3.39. The normalized spacial score (nSPS) is 10.2. The maximum absolute atomic E-state index is 12.0. The Morgan fingerprint density at radius 1 is 1.19 bits per heavy atom. The zero-order valence-corrected chi connectivity index (χ0v) is 14.6. The molecule has 5 N–H and O–H groups in total. The van der Waals surface area contributed by atoms with Crippen molar-refractivity contribution in [2.75, 3.05) is 16.5 Å². The number of anilines is 4. The highest BCUT2D eigenvalue weighted by Gasteiger charge is 2.11. The zero-order chi connectivity index (χ0) is 18.5. The van der Waals surface area contributed by atoms with Crippen molar-refractivity contribution in [1.29, 1.82) is 0 Å². The summed E-state index contributed by atoms with van der Waals surface area (Å²) in [6.45, 7) is 1.91. The number of pyridine rings is 1. The molecule has 8 nitrogen and oxygen atoms in total. The number of nitrogens with zero attached hydrogens (tertiary/aromatic N) is 3. The second-order valence-corrected chi connectivity index (χ2v) is 5.80. The third kappa shape index (κ3) is 3.98. The number of hydrogen-bond acceptors (Lipinski definition) is 7. The zero-order valence-electron chi connectivity index (χ0n) is 13.8. The minimum Gasteiger partial charge on any atom is -0.393 e. The molecule has 0 aliphatic heterocycles. The predicted octanol–water partition coefficient (Wildman–Crippen LogP) is 2.92. The smallest absolute Gasteiger partial charge is 0.271 e. The van der Waals surface area contributed by atoms with E-state index in [1.54, 1.807) is 24.4 Å². The number of nitrogen functional groups attached to an aromatic ring is 1. The molecule has 0 spiro atoms. The van der Waals surface area contributed by atoms with Gasteiger partial charge in [-0.2, -0.15) is 0 Å². The number of hydrazine groups is 1. The first kappa shape index (κ1) is 17.4. The molecule has 9 heteroatoms. The van der Waals surface area contributed by atoms with Crippen molar-refractivity contribution in [2.24, 2.45) is 0 Å². The van der Waals surface area contributed by atoms with Gasteiger partial charge in [0.05, 0.1) is 5.56 Å². The lowest BCUT2D eigenvalue weighted by atomic mass is 10.2. The van der Waals surface area contributed by atoms with Gasteiger partial charge in [0.15, 0.2) is 11.6 Å². The van der Waals surface area contributed by atoms with Crippen LogP contribution in [0.25, 0.3) is 0 Å². The molecule has 0 aliphatic carbocycles. The summed E-state index contributed by atoms with van der Waals surface area (Å²) in [5.41, 5.74) is 13.6. The second kappa shape index (κ2) is 7.66. The Morgan fingerprint density at radius 3 is 2.73 bits per heavy atom. The average molecular weight is 370 g/mol. The molecular weight excluding hydrogens is 354 g/mol. The van der Waals surface area contributed by atoms with Gasteiger partial charge in [-0.1, -0.05) is 17.7 Å². The molecule has 0 saturated carbocycles. The van der Waals surface area contributed by atoms with Gasteiger partial charge in [0.1, 0.15) is 12.0 Å². The summed E-state index contributed by atoms with van der Waals surface area (Å²) < 4.78 is 0. The minimum atomic E-state index is -0.365. The summed E-state index contributed by atoms with van der Waals surface area (Å²) >= 11 is 6.12. The van der Waals surface area contributed by atoms with Crippen LogP contribution in [0.3, 0.4) is 0 Å².